The fourth-order valence-corrected chi connectivity index (χ4v) is 4.20. The maximum absolute atomic E-state index is 13.5. The van der Waals surface area contributed by atoms with E-state index in [1.54, 1.807) is 68.4 Å². The molecule has 2 aliphatic heterocycles. The van der Waals surface area contributed by atoms with Crippen LogP contribution >= 0.6 is 0 Å². The van der Waals surface area contributed by atoms with E-state index in [4.69, 9.17) is 9.47 Å². The monoisotopic (exact) mass is 417 g/mol. The average Bonchev–Trinajstić information content (AvgIpc) is 3.02. The third-order valence-corrected chi connectivity index (χ3v) is 5.60. The standard InChI is InChI=1S/C25H23NO5/c1-4-30-24(29)25-15-19(16(2)3)31-22(17-11-7-5-8-12-17)20(25)21(27)23(28)26(25)18-13-9-6-10-14-18/h5-14,19H,2,4,15H2,1,3H3/t19-,25-/m1/s1. The molecule has 2 atom stereocenters. The smallest absolute Gasteiger partial charge is 0.337 e. The predicted molar refractivity (Wildman–Crippen MR) is 116 cm³/mol. The number of para-hydroxylation sites is 1. The first-order valence-corrected chi connectivity index (χ1v) is 10.1. The summed E-state index contributed by atoms with van der Waals surface area (Å²) in [6, 6.07) is 17.7. The van der Waals surface area contributed by atoms with Gasteiger partial charge >= 0.3 is 11.9 Å². The van der Waals surface area contributed by atoms with Gasteiger partial charge in [0.05, 0.1) is 12.2 Å². The van der Waals surface area contributed by atoms with E-state index in [1.807, 2.05) is 6.07 Å². The number of carbonyl (C=O) groups is 3. The number of esters is 1. The van der Waals surface area contributed by atoms with Crippen molar-refractivity contribution >= 4 is 29.1 Å². The van der Waals surface area contributed by atoms with Crippen LogP contribution in [0, 0.1) is 0 Å². The zero-order valence-electron chi connectivity index (χ0n) is 17.5. The van der Waals surface area contributed by atoms with Crippen molar-refractivity contribution in [2.45, 2.75) is 31.9 Å². The Kier molecular flexibility index (Phi) is 5.23. The summed E-state index contributed by atoms with van der Waals surface area (Å²) in [5.74, 6) is -2.00. The topological polar surface area (TPSA) is 72.9 Å². The van der Waals surface area contributed by atoms with E-state index in [9.17, 15) is 14.4 Å². The van der Waals surface area contributed by atoms with Gasteiger partial charge in [-0.15, -0.1) is 0 Å². The van der Waals surface area contributed by atoms with Gasteiger partial charge in [-0.3, -0.25) is 14.5 Å². The number of ketones is 1. The molecule has 1 fully saturated rings. The molecule has 2 aromatic carbocycles. The van der Waals surface area contributed by atoms with Gasteiger partial charge in [0.1, 0.15) is 11.9 Å². The van der Waals surface area contributed by atoms with Crippen LogP contribution in [0.3, 0.4) is 0 Å². The summed E-state index contributed by atoms with van der Waals surface area (Å²) in [4.78, 5) is 41.4. The second-order valence-electron chi connectivity index (χ2n) is 7.61. The van der Waals surface area contributed by atoms with E-state index < -0.39 is 29.3 Å². The Hall–Kier alpha value is -3.67. The molecule has 31 heavy (non-hydrogen) atoms. The van der Waals surface area contributed by atoms with Gasteiger partial charge in [-0.25, -0.2) is 4.79 Å². The molecular weight excluding hydrogens is 394 g/mol. The van der Waals surface area contributed by atoms with Gasteiger partial charge in [0.25, 0.3) is 5.78 Å². The lowest BCUT2D eigenvalue weighted by atomic mass is 9.79. The first kappa shape index (κ1) is 20.6. The number of fused-ring (bicyclic) bond motifs is 1. The largest absolute Gasteiger partial charge is 0.485 e. The number of ether oxygens (including phenoxy) is 2. The Morgan fingerprint density at radius 1 is 1.13 bits per heavy atom. The third kappa shape index (κ3) is 3.15. The van der Waals surface area contributed by atoms with Crippen molar-refractivity contribution in [2.75, 3.05) is 11.5 Å². The van der Waals surface area contributed by atoms with Crippen molar-refractivity contribution in [3.05, 3.63) is 84.0 Å². The van der Waals surface area contributed by atoms with Crippen LogP contribution in [0.2, 0.25) is 0 Å². The van der Waals surface area contributed by atoms with Crippen LogP contribution in [0.25, 0.3) is 5.76 Å². The Morgan fingerprint density at radius 3 is 2.32 bits per heavy atom. The van der Waals surface area contributed by atoms with E-state index in [0.717, 1.165) is 0 Å². The predicted octanol–water partition coefficient (Wildman–Crippen LogP) is 3.68. The van der Waals surface area contributed by atoms with Gasteiger partial charge in [0.2, 0.25) is 0 Å². The first-order chi connectivity index (χ1) is 14.9. The van der Waals surface area contributed by atoms with E-state index in [2.05, 4.69) is 6.58 Å². The van der Waals surface area contributed by atoms with Crippen LogP contribution in [0.5, 0.6) is 0 Å². The van der Waals surface area contributed by atoms with Crippen molar-refractivity contribution in [3.8, 4) is 0 Å². The van der Waals surface area contributed by atoms with E-state index in [-0.39, 0.29) is 24.4 Å². The van der Waals surface area contributed by atoms with Gasteiger partial charge in [0, 0.05) is 17.7 Å². The molecule has 0 N–H and O–H groups in total. The molecule has 158 valence electrons. The van der Waals surface area contributed by atoms with Crippen LogP contribution in [0.4, 0.5) is 5.69 Å². The normalized spacial score (nSPS) is 22.8. The van der Waals surface area contributed by atoms with Gasteiger partial charge in [-0.1, -0.05) is 55.1 Å². The van der Waals surface area contributed by atoms with Crippen LogP contribution in [-0.4, -0.2) is 35.9 Å². The molecule has 0 radical (unpaired) electrons. The number of amides is 1. The summed E-state index contributed by atoms with van der Waals surface area (Å²) in [6.07, 6.45) is -0.549. The number of benzene rings is 2. The van der Waals surface area contributed by atoms with Crippen LogP contribution in [0.1, 0.15) is 25.8 Å². The Morgan fingerprint density at radius 2 is 1.74 bits per heavy atom. The molecule has 0 unspecified atom stereocenters. The quantitative estimate of drug-likeness (QED) is 0.422. The highest BCUT2D eigenvalue weighted by molar-refractivity contribution is 6.54. The summed E-state index contributed by atoms with van der Waals surface area (Å²) >= 11 is 0. The summed E-state index contributed by atoms with van der Waals surface area (Å²) in [6.45, 7) is 7.60. The summed E-state index contributed by atoms with van der Waals surface area (Å²) in [5.41, 5.74) is 0.102. The lowest BCUT2D eigenvalue weighted by molar-refractivity contribution is -0.150. The second kappa shape index (κ2) is 7.87. The number of Topliss-reactive ketones (excluding diaryl/α,β-unsaturated/α-hetero) is 1. The number of nitrogens with zero attached hydrogens (tertiary/aromatic N) is 1. The zero-order chi connectivity index (χ0) is 22.2. The molecule has 6 heteroatoms. The Labute approximate surface area is 180 Å². The molecule has 2 aliphatic rings. The van der Waals surface area contributed by atoms with Crippen molar-refractivity contribution < 1.29 is 23.9 Å². The highest BCUT2D eigenvalue weighted by Crippen LogP contribution is 2.49. The van der Waals surface area contributed by atoms with Crippen molar-refractivity contribution in [1.82, 2.24) is 0 Å². The number of carbonyl (C=O) groups excluding carboxylic acids is 3. The molecule has 0 aromatic heterocycles. The molecule has 4 rings (SSSR count). The highest BCUT2D eigenvalue weighted by Gasteiger charge is 2.65. The van der Waals surface area contributed by atoms with Gasteiger partial charge < -0.3 is 9.47 Å². The van der Waals surface area contributed by atoms with Gasteiger partial charge in [-0.2, -0.15) is 0 Å². The summed E-state index contributed by atoms with van der Waals surface area (Å²) < 4.78 is 11.6. The van der Waals surface area contributed by atoms with Gasteiger partial charge in [-0.05, 0) is 31.6 Å². The minimum Gasteiger partial charge on any atom is -0.485 e. The molecule has 2 aromatic rings. The highest BCUT2D eigenvalue weighted by atomic mass is 16.5. The molecule has 1 amide bonds. The van der Waals surface area contributed by atoms with E-state index in [1.165, 1.54) is 4.90 Å². The van der Waals surface area contributed by atoms with Crippen LogP contribution in [-0.2, 0) is 23.9 Å². The molecular formula is C25H23NO5. The molecule has 0 saturated carbocycles. The Bertz CT molecular complexity index is 1090. The van der Waals surface area contributed by atoms with Crippen molar-refractivity contribution in [1.29, 1.82) is 0 Å². The van der Waals surface area contributed by atoms with Gasteiger partial charge in [0.15, 0.2) is 5.54 Å². The third-order valence-electron chi connectivity index (χ3n) is 5.60. The lowest BCUT2D eigenvalue weighted by Crippen LogP contribution is -2.57. The lowest BCUT2D eigenvalue weighted by Gasteiger charge is -2.42. The maximum Gasteiger partial charge on any atom is 0.337 e. The minimum absolute atomic E-state index is 0.0171. The molecule has 0 spiro atoms. The van der Waals surface area contributed by atoms with Crippen LogP contribution < -0.4 is 4.90 Å². The van der Waals surface area contributed by atoms with E-state index in [0.29, 0.717) is 16.8 Å². The SMILES string of the molecule is C=C(C)[C@H]1C[C@]2(C(=O)OCC)C(=C(c3ccccc3)O1)C(=O)C(=O)N2c1ccccc1. The molecule has 1 saturated heterocycles. The molecule has 6 nitrogen and oxygen atoms in total. The maximum atomic E-state index is 13.5. The molecule has 0 bridgehead atoms. The Balaban J connectivity index is 2.06. The fraction of sp³-hybridized carbons (Fsp3) is 0.240. The van der Waals surface area contributed by atoms with Crippen LogP contribution in [0.15, 0.2) is 78.4 Å². The number of hydrogen-bond acceptors (Lipinski definition) is 5. The number of rotatable bonds is 5. The van der Waals surface area contributed by atoms with Crippen molar-refractivity contribution in [3.63, 3.8) is 0 Å². The number of hydrogen-bond donors (Lipinski definition) is 0. The molecule has 2 heterocycles. The minimum atomic E-state index is -1.64. The molecule has 0 aliphatic carbocycles. The second-order valence-corrected chi connectivity index (χ2v) is 7.61. The summed E-state index contributed by atoms with van der Waals surface area (Å²) in [5, 5.41) is 0. The fourth-order valence-electron chi connectivity index (χ4n) is 4.20. The number of anilines is 1. The zero-order valence-corrected chi connectivity index (χ0v) is 17.5. The summed E-state index contributed by atoms with van der Waals surface area (Å²) in [7, 11) is 0. The van der Waals surface area contributed by atoms with E-state index >= 15 is 0 Å². The average molecular weight is 417 g/mol. The first-order valence-electron chi connectivity index (χ1n) is 10.1. The van der Waals surface area contributed by atoms with Crippen molar-refractivity contribution in [2.24, 2.45) is 0 Å².